The van der Waals surface area contributed by atoms with Crippen molar-refractivity contribution < 1.29 is 10.4 Å². The molecule has 0 N–H and O–H groups in total. The van der Waals surface area contributed by atoms with E-state index in [-0.39, 0.29) is 10.8 Å². The molecular formula is C33H34NO+. The summed E-state index contributed by atoms with van der Waals surface area (Å²) in [6, 6.07) is 21.9. The lowest BCUT2D eigenvalue weighted by molar-refractivity contribution is -0.660. The fourth-order valence-corrected chi connectivity index (χ4v) is 5.96. The SMILES string of the molecule is [2H]c1ccc2c(oc3c(-c4cccc[n+]4C)c(C)ccc32)c1-c1ccc2c(c1)C(C)(C)CCC2(C)C. The number of furan rings is 1. The molecule has 5 aromatic rings. The summed E-state index contributed by atoms with van der Waals surface area (Å²) in [7, 11) is 2.07. The molecular weight excluding hydrogens is 426 g/mol. The monoisotopic (exact) mass is 461 g/mol. The zero-order chi connectivity index (χ0) is 25.4. The van der Waals surface area contributed by atoms with Crippen LogP contribution < -0.4 is 4.57 Å². The predicted molar refractivity (Wildman–Crippen MR) is 146 cm³/mol. The van der Waals surface area contributed by atoms with Gasteiger partial charge in [-0.05, 0) is 58.9 Å². The molecule has 176 valence electrons. The Morgan fingerprint density at radius 3 is 2.34 bits per heavy atom. The second kappa shape index (κ2) is 7.55. The third-order valence-corrected chi connectivity index (χ3v) is 8.26. The summed E-state index contributed by atoms with van der Waals surface area (Å²) in [4.78, 5) is 0. The Hall–Kier alpha value is -3.39. The smallest absolute Gasteiger partial charge is 0.216 e. The van der Waals surface area contributed by atoms with E-state index in [4.69, 9.17) is 5.79 Å². The van der Waals surface area contributed by atoms with E-state index < -0.39 is 0 Å². The Labute approximate surface area is 209 Å². The van der Waals surface area contributed by atoms with Gasteiger partial charge in [0.25, 0.3) is 0 Å². The second-order valence-electron chi connectivity index (χ2n) is 11.6. The highest BCUT2D eigenvalue weighted by molar-refractivity contribution is 6.13. The molecule has 1 aliphatic carbocycles. The van der Waals surface area contributed by atoms with E-state index in [2.05, 4.69) is 94.9 Å². The number of hydrogen-bond donors (Lipinski definition) is 0. The number of nitrogens with zero attached hydrogens (tertiary/aromatic N) is 1. The summed E-state index contributed by atoms with van der Waals surface area (Å²) in [6.45, 7) is 11.5. The topological polar surface area (TPSA) is 17.0 Å². The van der Waals surface area contributed by atoms with Gasteiger partial charge in [0.2, 0.25) is 5.69 Å². The maximum atomic E-state index is 8.91. The van der Waals surface area contributed by atoms with Gasteiger partial charge in [-0.3, -0.25) is 0 Å². The van der Waals surface area contributed by atoms with Crippen LogP contribution in [-0.4, -0.2) is 0 Å². The Morgan fingerprint density at radius 2 is 1.57 bits per heavy atom. The highest BCUT2D eigenvalue weighted by Gasteiger charge is 2.37. The molecule has 2 aromatic heterocycles. The van der Waals surface area contributed by atoms with Crippen molar-refractivity contribution in [2.24, 2.45) is 7.05 Å². The molecule has 0 unspecified atom stereocenters. The minimum absolute atomic E-state index is 0.108. The van der Waals surface area contributed by atoms with Crippen LogP contribution in [0.4, 0.5) is 0 Å². The lowest BCUT2D eigenvalue weighted by Gasteiger charge is -2.42. The van der Waals surface area contributed by atoms with Crippen molar-refractivity contribution in [2.45, 2.75) is 58.3 Å². The van der Waals surface area contributed by atoms with E-state index in [1.165, 1.54) is 23.1 Å². The number of benzene rings is 3. The van der Waals surface area contributed by atoms with Gasteiger partial charge in [0, 0.05) is 28.5 Å². The van der Waals surface area contributed by atoms with Gasteiger partial charge in [-0.25, -0.2) is 4.57 Å². The van der Waals surface area contributed by atoms with Gasteiger partial charge >= 0.3 is 0 Å². The number of hydrogen-bond acceptors (Lipinski definition) is 1. The van der Waals surface area contributed by atoms with Gasteiger partial charge in [0.1, 0.15) is 18.2 Å². The number of aryl methyl sites for hydroxylation is 2. The predicted octanol–water partition coefficient (Wildman–Crippen LogP) is 8.40. The van der Waals surface area contributed by atoms with Crippen LogP contribution in [0.25, 0.3) is 44.3 Å². The molecule has 2 heterocycles. The van der Waals surface area contributed by atoms with Crippen molar-refractivity contribution in [3.63, 3.8) is 0 Å². The first-order valence-corrected chi connectivity index (χ1v) is 12.6. The first-order chi connectivity index (χ1) is 17.1. The minimum Gasteiger partial charge on any atom is -0.454 e. The minimum atomic E-state index is 0.108. The third kappa shape index (κ3) is 3.34. The van der Waals surface area contributed by atoms with Gasteiger partial charge < -0.3 is 4.42 Å². The van der Waals surface area contributed by atoms with Gasteiger partial charge in [-0.1, -0.05) is 76.2 Å². The molecule has 0 fully saturated rings. The van der Waals surface area contributed by atoms with Gasteiger partial charge in [-0.2, -0.15) is 0 Å². The lowest BCUT2D eigenvalue weighted by atomic mass is 9.63. The number of para-hydroxylation sites is 1. The van der Waals surface area contributed by atoms with Crippen molar-refractivity contribution in [3.05, 3.63) is 89.6 Å². The summed E-state index contributed by atoms with van der Waals surface area (Å²) in [5.74, 6) is 0. The molecule has 0 amide bonds. The van der Waals surface area contributed by atoms with Crippen molar-refractivity contribution in [3.8, 4) is 22.4 Å². The van der Waals surface area contributed by atoms with E-state index in [1.54, 1.807) is 0 Å². The normalized spacial score (nSPS) is 16.9. The number of rotatable bonds is 2. The average molecular weight is 462 g/mol. The zero-order valence-corrected chi connectivity index (χ0v) is 21.6. The summed E-state index contributed by atoms with van der Waals surface area (Å²) in [6.07, 6.45) is 4.42. The molecule has 1 aliphatic rings. The summed E-state index contributed by atoms with van der Waals surface area (Å²) in [5.41, 5.74) is 10.1. The van der Waals surface area contributed by atoms with E-state index in [1.807, 2.05) is 18.2 Å². The quantitative estimate of drug-likeness (QED) is 0.241. The molecule has 0 atom stereocenters. The van der Waals surface area contributed by atoms with Crippen LogP contribution in [0.2, 0.25) is 0 Å². The van der Waals surface area contributed by atoms with Crippen LogP contribution in [0.1, 0.15) is 58.6 Å². The molecule has 0 saturated carbocycles. The summed E-state index contributed by atoms with van der Waals surface area (Å²) < 4.78 is 17.8. The summed E-state index contributed by atoms with van der Waals surface area (Å²) in [5, 5.41) is 2.16. The Morgan fingerprint density at radius 1 is 0.829 bits per heavy atom. The first-order valence-electron chi connectivity index (χ1n) is 13.1. The standard InChI is InChI=1S/C33H34NO/c1-21-13-15-25-24-11-9-10-23(30(24)35-31(25)29(21)28-12-7-8-19-34(28)6)22-14-16-26-27(20-22)33(4,5)18-17-32(26,2)3/h7-16,19-20H,17-18H2,1-6H3/q+1/i10D. The Bertz CT molecular complexity index is 1670. The van der Waals surface area contributed by atoms with Gasteiger partial charge in [0.15, 0.2) is 6.20 Å². The average Bonchev–Trinajstić information content (AvgIpc) is 3.21. The number of aromatic nitrogens is 1. The molecule has 2 heteroatoms. The van der Waals surface area contributed by atoms with Crippen LogP contribution in [0.3, 0.4) is 0 Å². The molecule has 0 spiro atoms. The third-order valence-electron chi connectivity index (χ3n) is 8.26. The molecule has 0 radical (unpaired) electrons. The van der Waals surface area contributed by atoms with Crippen LogP contribution in [-0.2, 0) is 17.9 Å². The van der Waals surface area contributed by atoms with E-state index >= 15 is 0 Å². The van der Waals surface area contributed by atoms with Crippen molar-refractivity contribution in [2.75, 3.05) is 0 Å². The fraction of sp³-hybridized carbons (Fsp3) is 0.303. The highest BCUT2D eigenvalue weighted by Crippen LogP contribution is 2.48. The van der Waals surface area contributed by atoms with Gasteiger partial charge in [0.05, 0.1) is 6.93 Å². The Kier molecular flexibility index (Phi) is 4.52. The maximum Gasteiger partial charge on any atom is 0.216 e. The van der Waals surface area contributed by atoms with Crippen LogP contribution >= 0.6 is 0 Å². The van der Waals surface area contributed by atoms with Crippen molar-refractivity contribution in [1.82, 2.24) is 0 Å². The van der Waals surface area contributed by atoms with E-state index in [9.17, 15) is 0 Å². The van der Waals surface area contributed by atoms with Crippen molar-refractivity contribution in [1.29, 1.82) is 0 Å². The van der Waals surface area contributed by atoms with Crippen LogP contribution in [0.5, 0.6) is 0 Å². The van der Waals surface area contributed by atoms with Gasteiger partial charge in [-0.15, -0.1) is 0 Å². The molecule has 35 heavy (non-hydrogen) atoms. The fourth-order valence-electron chi connectivity index (χ4n) is 5.96. The molecule has 0 bridgehead atoms. The molecule has 0 aliphatic heterocycles. The second-order valence-corrected chi connectivity index (χ2v) is 11.6. The summed E-state index contributed by atoms with van der Waals surface area (Å²) >= 11 is 0. The first kappa shape index (κ1) is 20.9. The van der Waals surface area contributed by atoms with E-state index in [0.29, 0.717) is 6.04 Å². The van der Waals surface area contributed by atoms with Crippen molar-refractivity contribution >= 4 is 21.9 Å². The molecule has 3 aromatic carbocycles. The molecule has 0 saturated heterocycles. The highest BCUT2D eigenvalue weighted by atomic mass is 16.3. The number of fused-ring (bicyclic) bond motifs is 4. The number of pyridine rings is 1. The van der Waals surface area contributed by atoms with Crippen LogP contribution in [0, 0.1) is 6.92 Å². The Balaban J connectivity index is 1.65. The molecule has 6 rings (SSSR count). The lowest BCUT2D eigenvalue weighted by Crippen LogP contribution is -2.33. The zero-order valence-electron chi connectivity index (χ0n) is 22.6. The van der Waals surface area contributed by atoms with E-state index in [0.717, 1.165) is 50.7 Å². The van der Waals surface area contributed by atoms with Crippen LogP contribution in [0.15, 0.2) is 77.3 Å². The largest absolute Gasteiger partial charge is 0.454 e. The molecule has 2 nitrogen and oxygen atoms in total. The maximum absolute atomic E-state index is 8.91.